The van der Waals surface area contributed by atoms with Crippen LogP contribution in [0.1, 0.15) is 0 Å². The lowest BCUT2D eigenvalue weighted by molar-refractivity contribution is 0.961. The molecule has 2 aromatic rings. The van der Waals surface area contributed by atoms with Gasteiger partial charge in [-0.1, -0.05) is 15.7 Å². The highest BCUT2D eigenvalue weighted by Crippen LogP contribution is 2.19. The lowest BCUT2D eigenvalue weighted by Crippen LogP contribution is -1.92. The van der Waals surface area contributed by atoms with Gasteiger partial charge in [0.1, 0.15) is 0 Å². The van der Waals surface area contributed by atoms with Crippen molar-refractivity contribution in [1.29, 1.82) is 0 Å². The van der Waals surface area contributed by atoms with Crippen molar-refractivity contribution in [3.8, 4) is 0 Å². The number of anilines is 3. The van der Waals surface area contributed by atoms with E-state index in [0.29, 0.717) is 5.13 Å². The Bertz CT molecular complexity index is 400. The largest absolute Gasteiger partial charge is 0.388 e. The molecule has 0 aliphatic carbocycles. The summed E-state index contributed by atoms with van der Waals surface area (Å²) in [6, 6.07) is 7.90. The van der Waals surface area contributed by atoms with Crippen LogP contribution in [0.3, 0.4) is 0 Å². The summed E-state index contributed by atoms with van der Waals surface area (Å²) in [5.41, 5.74) is 2.02. The van der Waals surface area contributed by atoms with E-state index < -0.39 is 0 Å². The monoisotopic (exact) mass is 207 g/mol. The van der Waals surface area contributed by atoms with Crippen LogP contribution in [-0.2, 0) is 0 Å². The molecule has 0 saturated carbocycles. The first-order chi connectivity index (χ1) is 6.88. The molecular weight excluding hydrogens is 198 g/mol. The number of hydrogen-bond donors (Lipinski definition) is 2. The van der Waals surface area contributed by atoms with Gasteiger partial charge in [0, 0.05) is 30.0 Å². The summed E-state index contributed by atoms with van der Waals surface area (Å²) in [5, 5.41) is 14.1. The summed E-state index contributed by atoms with van der Waals surface area (Å²) < 4.78 is 3.66. The summed E-state index contributed by atoms with van der Waals surface area (Å²) in [4.78, 5) is 0. The summed E-state index contributed by atoms with van der Waals surface area (Å²) in [6.07, 6.45) is 0. The lowest BCUT2D eigenvalue weighted by Gasteiger charge is -2.04. The van der Waals surface area contributed by atoms with Crippen LogP contribution in [0.15, 0.2) is 24.3 Å². The van der Waals surface area contributed by atoms with Crippen LogP contribution >= 0.6 is 11.5 Å². The van der Waals surface area contributed by atoms with Crippen molar-refractivity contribution in [2.75, 3.05) is 17.7 Å². The van der Waals surface area contributed by atoms with Gasteiger partial charge in [-0.25, -0.2) is 0 Å². The Kier molecular flexibility index (Phi) is 2.55. The van der Waals surface area contributed by atoms with Crippen molar-refractivity contribution in [3.05, 3.63) is 24.3 Å². The zero-order valence-corrected chi connectivity index (χ0v) is 8.38. The predicted octanol–water partition coefficient (Wildman–Crippen LogP) is 1.72. The van der Waals surface area contributed by atoms with Crippen LogP contribution in [0.5, 0.6) is 0 Å². The number of hydrogen-bond acceptors (Lipinski definition) is 6. The first kappa shape index (κ1) is 8.89. The smallest absolute Gasteiger partial charge is 0.229 e. The van der Waals surface area contributed by atoms with Crippen LogP contribution < -0.4 is 10.6 Å². The fraction of sp³-hybridized carbons (Fsp3) is 0.125. The molecule has 0 radical (unpaired) electrons. The van der Waals surface area contributed by atoms with Gasteiger partial charge in [0.05, 0.1) is 0 Å². The van der Waals surface area contributed by atoms with Gasteiger partial charge in [-0.15, -0.1) is 0 Å². The Labute approximate surface area is 85.3 Å². The van der Waals surface area contributed by atoms with Gasteiger partial charge < -0.3 is 10.6 Å². The molecule has 1 aromatic heterocycles. The zero-order valence-electron chi connectivity index (χ0n) is 7.56. The van der Waals surface area contributed by atoms with Crippen LogP contribution in [0.2, 0.25) is 0 Å². The van der Waals surface area contributed by atoms with Gasteiger partial charge in [0.25, 0.3) is 0 Å². The molecule has 72 valence electrons. The molecule has 2 N–H and O–H groups in total. The predicted molar refractivity (Wildman–Crippen MR) is 57.0 cm³/mol. The average molecular weight is 207 g/mol. The van der Waals surface area contributed by atoms with Crippen LogP contribution in [-0.4, -0.2) is 21.8 Å². The van der Waals surface area contributed by atoms with Crippen molar-refractivity contribution in [2.24, 2.45) is 0 Å². The van der Waals surface area contributed by atoms with Crippen LogP contribution in [0, 0.1) is 0 Å². The number of aromatic nitrogens is 3. The Hall–Kier alpha value is -1.69. The second-order valence-electron chi connectivity index (χ2n) is 2.62. The maximum absolute atomic E-state index is 3.79. The fourth-order valence-corrected chi connectivity index (χ4v) is 1.44. The van der Waals surface area contributed by atoms with E-state index >= 15 is 0 Å². The third-order valence-corrected chi connectivity index (χ3v) is 2.21. The number of rotatable bonds is 3. The summed E-state index contributed by atoms with van der Waals surface area (Å²) in [6.45, 7) is 0. The van der Waals surface area contributed by atoms with Crippen LogP contribution in [0.25, 0.3) is 0 Å². The van der Waals surface area contributed by atoms with Gasteiger partial charge >= 0.3 is 0 Å². The van der Waals surface area contributed by atoms with E-state index in [-0.39, 0.29) is 0 Å². The highest BCUT2D eigenvalue weighted by Gasteiger charge is 1.98. The Morgan fingerprint density at radius 1 is 1.29 bits per heavy atom. The third kappa shape index (κ3) is 1.97. The third-order valence-electron chi connectivity index (χ3n) is 1.70. The van der Waals surface area contributed by atoms with E-state index in [9.17, 15) is 0 Å². The minimum Gasteiger partial charge on any atom is -0.388 e. The molecule has 1 aromatic carbocycles. The van der Waals surface area contributed by atoms with Gasteiger partial charge in [-0.2, -0.15) is 0 Å². The van der Waals surface area contributed by atoms with Crippen molar-refractivity contribution in [1.82, 2.24) is 14.8 Å². The summed E-state index contributed by atoms with van der Waals surface area (Å²) >= 11 is 1.23. The molecule has 0 bridgehead atoms. The van der Waals surface area contributed by atoms with Gasteiger partial charge in [0.2, 0.25) is 5.13 Å². The molecular formula is C8H9N5S. The highest BCUT2D eigenvalue weighted by atomic mass is 32.1. The maximum Gasteiger partial charge on any atom is 0.229 e. The molecule has 0 atom stereocenters. The number of benzene rings is 1. The summed E-state index contributed by atoms with van der Waals surface area (Å²) in [7, 11) is 1.88. The van der Waals surface area contributed by atoms with Gasteiger partial charge in [0.15, 0.2) is 0 Å². The Morgan fingerprint density at radius 2 is 2.14 bits per heavy atom. The van der Waals surface area contributed by atoms with Crippen LogP contribution in [0.4, 0.5) is 16.5 Å². The van der Waals surface area contributed by atoms with E-state index in [1.807, 2.05) is 31.3 Å². The molecule has 0 aliphatic heterocycles. The second-order valence-corrected chi connectivity index (χ2v) is 3.36. The lowest BCUT2D eigenvalue weighted by atomic mass is 10.3. The molecule has 2 rings (SSSR count). The molecule has 0 spiro atoms. The quantitative estimate of drug-likeness (QED) is 0.802. The standard InChI is InChI=1S/C8H9N5S/c1-9-6-3-2-4-7(5-6)10-8-11-12-13-14-8/h2-5,9H,1H3,(H,10,11,13). The Balaban J connectivity index is 2.17. The van der Waals surface area contributed by atoms with E-state index in [0.717, 1.165) is 11.4 Å². The van der Waals surface area contributed by atoms with Crippen molar-refractivity contribution in [2.45, 2.75) is 0 Å². The average Bonchev–Trinajstić information content (AvgIpc) is 2.71. The highest BCUT2D eigenvalue weighted by molar-refractivity contribution is 7.09. The zero-order chi connectivity index (χ0) is 9.80. The topological polar surface area (TPSA) is 62.7 Å². The van der Waals surface area contributed by atoms with Crippen molar-refractivity contribution < 1.29 is 0 Å². The van der Waals surface area contributed by atoms with E-state index in [2.05, 4.69) is 25.4 Å². The van der Waals surface area contributed by atoms with Gasteiger partial charge in [-0.05, 0) is 23.4 Å². The molecule has 0 saturated heterocycles. The normalized spacial score (nSPS) is 9.79. The molecule has 0 aliphatic rings. The second kappa shape index (κ2) is 4.01. The first-order valence-electron chi connectivity index (χ1n) is 4.08. The summed E-state index contributed by atoms with van der Waals surface area (Å²) in [5.74, 6) is 0. The number of nitrogens with zero attached hydrogens (tertiary/aromatic N) is 3. The van der Waals surface area contributed by atoms with E-state index in [1.54, 1.807) is 0 Å². The number of nitrogens with one attached hydrogen (secondary N) is 2. The van der Waals surface area contributed by atoms with Crippen molar-refractivity contribution in [3.63, 3.8) is 0 Å². The fourth-order valence-electron chi connectivity index (χ4n) is 1.06. The minimum atomic E-state index is 0.693. The first-order valence-corrected chi connectivity index (χ1v) is 4.86. The molecule has 0 fully saturated rings. The molecule has 6 heteroatoms. The molecule has 0 amide bonds. The molecule has 14 heavy (non-hydrogen) atoms. The van der Waals surface area contributed by atoms with E-state index in [4.69, 9.17) is 0 Å². The van der Waals surface area contributed by atoms with Gasteiger partial charge in [-0.3, -0.25) is 0 Å². The van der Waals surface area contributed by atoms with Crippen molar-refractivity contribution >= 4 is 28.0 Å². The maximum atomic E-state index is 3.79. The molecule has 0 unspecified atom stereocenters. The van der Waals surface area contributed by atoms with E-state index in [1.165, 1.54) is 11.5 Å². The molecule has 5 nitrogen and oxygen atoms in total. The molecule has 1 heterocycles. The SMILES string of the molecule is CNc1cccc(Nc2nnns2)c1. The minimum absolute atomic E-state index is 0.693. The Morgan fingerprint density at radius 3 is 2.86 bits per heavy atom.